The van der Waals surface area contributed by atoms with Crippen LogP contribution in [-0.4, -0.2) is 6.54 Å². The van der Waals surface area contributed by atoms with Crippen LogP contribution in [0.5, 0.6) is 0 Å². The van der Waals surface area contributed by atoms with Crippen molar-refractivity contribution in [3.05, 3.63) is 22.9 Å². The topological polar surface area (TPSA) is 26.0 Å². The fourth-order valence-electron chi connectivity index (χ4n) is 0.431. The molecule has 0 aliphatic carbocycles. The van der Waals surface area contributed by atoms with E-state index in [1.807, 2.05) is 22.9 Å². The number of thiophene rings is 1. The van der Waals surface area contributed by atoms with Crippen LogP contribution in [0, 0.1) is 0 Å². The highest BCUT2D eigenvalue weighted by atomic mass is 32.1. The lowest BCUT2D eigenvalue weighted by Crippen LogP contribution is -1.95. The van der Waals surface area contributed by atoms with Crippen molar-refractivity contribution < 1.29 is 0 Å². The van der Waals surface area contributed by atoms with Crippen LogP contribution < -0.4 is 5.73 Å². The molecule has 0 bridgehead atoms. The lowest BCUT2D eigenvalue weighted by atomic mass is 10.3. The number of rotatable bonds is 2. The summed E-state index contributed by atoms with van der Waals surface area (Å²) in [5.74, 6) is 0. The number of nitrogens with two attached hydrogens (primary N) is 1. The van der Waals surface area contributed by atoms with Crippen molar-refractivity contribution in [2.24, 2.45) is 5.73 Å². The Morgan fingerprint density at radius 2 is 1.90 bits per heavy atom. The van der Waals surface area contributed by atoms with Crippen molar-refractivity contribution in [3.63, 3.8) is 0 Å². The van der Waals surface area contributed by atoms with Gasteiger partial charge in [0.05, 0.1) is 0 Å². The van der Waals surface area contributed by atoms with Gasteiger partial charge in [-0.1, -0.05) is 25.5 Å². The van der Waals surface area contributed by atoms with Gasteiger partial charge < -0.3 is 5.73 Å². The minimum absolute atomic E-state index is 0.844. The first-order valence-electron chi connectivity index (χ1n) is 3.59. The van der Waals surface area contributed by atoms with E-state index < -0.39 is 0 Å². The Hall–Kier alpha value is -0.340. The van der Waals surface area contributed by atoms with E-state index in [1.165, 1.54) is 12.8 Å². The van der Waals surface area contributed by atoms with Gasteiger partial charge in [-0.25, -0.2) is 0 Å². The highest BCUT2D eigenvalue weighted by Gasteiger charge is 1.67. The lowest BCUT2D eigenvalue weighted by molar-refractivity contribution is 0.807. The third-order valence-electron chi connectivity index (χ3n) is 0.983. The Morgan fingerprint density at radius 3 is 2.00 bits per heavy atom. The van der Waals surface area contributed by atoms with Gasteiger partial charge in [-0.2, -0.15) is 11.3 Å². The summed E-state index contributed by atoms with van der Waals surface area (Å²) < 4.78 is 0. The highest BCUT2D eigenvalue weighted by molar-refractivity contribution is 7.07. The summed E-state index contributed by atoms with van der Waals surface area (Å²) in [5.41, 5.74) is 5.14. The van der Waals surface area contributed by atoms with Gasteiger partial charge in [-0.3, -0.25) is 0 Å². The molecule has 0 saturated carbocycles. The summed E-state index contributed by atoms with van der Waals surface area (Å²) in [6.45, 7) is 2.98. The minimum atomic E-state index is 0.844. The van der Waals surface area contributed by atoms with Crippen molar-refractivity contribution in [1.82, 2.24) is 0 Å². The third-order valence-corrected chi connectivity index (χ3v) is 1.61. The van der Waals surface area contributed by atoms with Gasteiger partial charge in [0, 0.05) is 0 Å². The predicted molar refractivity (Wildman–Crippen MR) is 48.3 cm³/mol. The van der Waals surface area contributed by atoms with E-state index in [1.54, 1.807) is 11.3 Å². The minimum Gasteiger partial charge on any atom is -0.330 e. The molecular weight excluding hydrogens is 142 g/mol. The van der Waals surface area contributed by atoms with Gasteiger partial charge in [0.15, 0.2) is 0 Å². The maximum Gasteiger partial charge on any atom is -0.00774 e. The lowest BCUT2D eigenvalue weighted by Gasteiger charge is -1.80. The zero-order valence-corrected chi connectivity index (χ0v) is 7.23. The molecule has 1 rings (SSSR count). The molecule has 1 aromatic heterocycles. The summed E-state index contributed by atoms with van der Waals surface area (Å²) >= 11 is 1.71. The zero-order valence-electron chi connectivity index (χ0n) is 6.42. The molecule has 0 unspecified atom stereocenters. The van der Waals surface area contributed by atoms with Crippen LogP contribution in [0.15, 0.2) is 22.9 Å². The Morgan fingerprint density at radius 1 is 1.30 bits per heavy atom. The number of hydrogen-bond donors (Lipinski definition) is 1. The molecule has 1 nitrogen and oxygen atoms in total. The molecule has 10 heavy (non-hydrogen) atoms. The van der Waals surface area contributed by atoms with Gasteiger partial charge >= 0.3 is 0 Å². The first-order chi connectivity index (χ1) is 4.91. The van der Waals surface area contributed by atoms with Gasteiger partial charge in [0.25, 0.3) is 0 Å². The summed E-state index contributed by atoms with van der Waals surface area (Å²) in [6, 6.07) is 4.04. The summed E-state index contributed by atoms with van der Waals surface area (Å²) in [7, 11) is 0. The second-order valence-electron chi connectivity index (χ2n) is 1.94. The standard InChI is InChI=1S/C4H11N.C4H4S/c1-2-3-4-5;1-2-4-5-3-1/h2-5H2,1H3;1-4H. The maximum atomic E-state index is 5.14. The van der Waals surface area contributed by atoms with Crippen LogP contribution in [-0.2, 0) is 0 Å². The second kappa shape index (κ2) is 8.66. The monoisotopic (exact) mass is 157 g/mol. The third kappa shape index (κ3) is 7.66. The van der Waals surface area contributed by atoms with E-state index in [0.717, 1.165) is 6.54 Å². The van der Waals surface area contributed by atoms with E-state index >= 15 is 0 Å². The van der Waals surface area contributed by atoms with E-state index in [4.69, 9.17) is 5.73 Å². The predicted octanol–water partition coefficient (Wildman–Crippen LogP) is 2.49. The van der Waals surface area contributed by atoms with Crippen LogP contribution in [0.1, 0.15) is 19.8 Å². The molecule has 0 radical (unpaired) electrons. The molecule has 0 amide bonds. The average molecular weight is 157 g/mol. The quantitative estimate of drug-likeness (QED) is 0.701. The molecular formula is C8H15NS. The molecule has 0 aliphatic heterocycles. The number of unbranched alkanes of at least 4 members (excludes halogenated alkanes) is 1. The van der Waals surface area contributed by atoms with Gasteiger partial charge in [0.1, 0.15) is 0 Å². The van der Waals surface area contributed by atoms with Gasteiger partial charge in [-0.05, 0) is 23.7 Å². The fraction of sp³-hybridized carbons (Fsp3) is 0.500. The molecule has 0 saturated heterocycles. The van der Waals surface area contributed by atoms with Crippen molar-refractivity contribution >= 4 is 11.3 Å². The van der Waals surface area contributed by atoms with E-state index in [-0.39, 0.29) is 0 Å². The van der Waals surface area contributed by atoms with Crippen LogP contribution in [0.25, 0.3) is 0 Å². The van der Waals surface area contributed by atoms with Crippen molar-refractivity contribution in [3.8, 4) is 0 Å². The molecule has 2 N–H and O–H groups in total. The van der Waals surface area contributed by atoms with Crippen LogP contribution in [0.4, 0.5) is 0 Å². The molecule has 1 heterocycles. The molecule has 58 valence electrons. The zero-order chi connectivity index (χ0) is 7.66. The smallest absolute Gasteiger partial charge is 0.00774 e. The Balaban J connectivity index is 0.000000162. The van der Waals surface area contributed by atoms with Crippen molar-refractivity contribution in [2.45, 2.75) is 19.8 Å². The summed E-state index contributed by atoms with van der Waals surface area (Å²) in [5, 5.41) is 4.08. The van der Waals surface area contributed by atoms with Crippen LogP contribution >= 0.6 is 11.3 Å². The highest BCUT2D eigenvalue weighted by Crippen LogP contribution is 1.91. The average Bonchev–Trinajstić information content (AvgIpc) is 2.44. The Bertz CT molecular complexity index is 95.6. The second-order valence-corrected chi connectivity index (χ2v) is 2.75. The first kappa shape index (κ1) is 9.66. The normalized spacial score (nSPS) is 8.20. The van der Waals surface area contributed by atoms with Gasteiger partial charge in [0.2, 0.25) is 0 Å². The molecule has 0 aromatic carbocycles. The van der Waals surface area contributed by atoms with Crippen LogP contribution in [0.3, 0.4) is 0 Å². The number of hydrogen-bond acceptors (Lipinski definition) is 2. The van der Waals surface area contributed by atoms with Crippen LogP contribution in [0.2, 0.25) is 0 Å². The first-order valence-corrected chi connectivity index (χ1v) is 4.53. The van der Waals surface area contributed by atoms with Crippen molar-refractivity contribution in [2.75, 3.05) is 6.54 Å². The van der Waals surface area contributed by atoms with E-state index in [2.05, 4.69) is 6.92 Å². The fourth-order valence-corrected chi connectivity index (χ4v) is 0.885. The van der Waals surface area contributed by atoms with Crippen molar-refractivity contribution in [1.29, 1.82) is 0 Å². The molecule has 1 aromatic rings. The SMILES string of the molecule is CCCCN.c1ccsc1. The Kier molecular flexibility index (Phi) is 8.37. The van der Waals surface area contributed by atoms with E-state index in [9.17, 15) is 0 Å². The maximum absolute atomic E-state index is 5.14. The van der Waals surface area contributed by atoms with Gasteiger partial charge in [-0.15, -0.1) is 0 Å². The summed E-state index contributed by atoms with van der Waals surface area (Å²) in [6.07, 6.45) is 2.39. The summed E-state index contributed by atoms with van der Waals surface area (Å²) in [4.78, 5) is 0. The largest absolute Gasteiger partial charge is 0.330 e. The molecule has 0 aliphatic rings. The van der Waals surface area contributed by atoms with E-state index in [0.29, 0.717) is 0 Å². The molecule has 0 fully saturated rings. The molecule has 0 spiro atoms. The Labute approximate surface area is 66.9 Å². The molecule has 0 atom stereocenters. The molecule has 2 heteroatoms.